The Morgan fingerprint density at radius 3 is 2.50 bits per heavy atom. The molecule has 0 aliphatic rings. The topological polar surface area (TPSA) is 143 Å². The van der Waals surface area contributed by atoms with E-state index in [4.69, 9.17) is 19.2 Å². The number of nitriles is 1. The summed E-state index contributed by atoms with van der Waals surface area (Å²) in [4.78, 5) is 35.8. The minimum absolute atomic E-state index is 0.0414. The SMILES string of the molecule is COc1cc(/C=N/NC(=O)C(=O)Nc2ccc(C#N)cc2)ccc1OC(=O)c1ccco1. The number of esters is 1. The molecule has 0 atom stereocenters. The summed E-state index contributed by atoms with van der Waals surface area (Å²) in [5.74, 6) is -2.14. The van der Waals surface area contributed by atoms with Gasteiger partial charge in [0.15, 0.2) is 11.5 Å². The lowest BCUT2D eigenvalue weighted by atomic mass is 10.2. The second-order valence-electron chi connectivity index (χ2n) is 6.12. The molecule has 10 heteroatoms. The van der Waals surface area contributed by atoms with E-state index in [2.05, 4.69) is 15.8 Å². The van der Waals surface area contributed by atoms with Gasteiger partial charge in [-0.3, -0.25) is 9.59 Å². The third kappa shape index (κ3) is 5.58. The van der Waals surface area contributed by atoms with Crippen molar-refractivity contribution in [3.05, 3.63) is 77.7 Å². The van der Waals surface area contributed by atoms with E-state index < -0.39 is 17.8 Å². The van der Waals surface area contributed by atoms with Gasteiger partial charge in [0.25, 0.3) is 0 Å². The van der Waals surface area contributed by atoms with Crippen LogP contribution in [0.2, 0.25) is 0 Å². The molecule has 0 fully saturated rings. The van der Waals surface area contributed by atoms with Crippen molar-refractivity contribution in [2.75, 3.05) is 12.4 Å². The fourth-order valence-electron chi connectivity index (χ4n) is 2.43. The van der Waals surface area contributed by atoms with Crippen molar-refractivity contribution in [2.45, 2.75) is 0 Å². The second kappa shape index (κ2) is 10.2. The van der Waals surface area contributed by atoms with Gasteiger partial charge < -0.3 is 19.2 Å². The zero-order valence-electron chi connectivity index (χ0n) is 16.7. The highest BCUT2D eigenvalue weighted by Gasteiger charge is 2.15. The van der Waals surface area contributed by atoms with Gasteiger partial charge in [0.2, 0.25) is 5.76 Å². The number of hydrazone groups is 1. The Bertz CT molecular complexity index is 1190. The molecule has 1 heterocycles. The maximum absolute atomic E-state index is 12.0. The molecule has 0 aliphatic carbocycles. The Hall–Kier alpha value is -4.91. The maximum atomic E-state index is 12.0. The summed E-state index contributed by atoms with van der Waals surface area (Å²) in [5, 5.41) is 14.9. The molecule has 3 aromatic rings. The highest BCUT2D eigenvalue weighted by molar-refractivity contribution is 6.39. The van der Waals surface area contributed by atoms with Crippen molar-refractivity contribution in [3.8, 4) is 17.6 Å². The average molecular weight is 432 g/mol. The van der Waals surface area contributed by atoms with Crippen LogP contribution in [0.1, 0.15) is 21.7 Å². The van der Waals surface area contributed by atoms with Crippen LogP contribution in [0.4, 0.5) is 5.69 Å². The molecule has 32 heavy (non-hydrogen) atoms. The Labute approximate surface area is 182 Å². The normalized spacial score (nSPS) is 10.2. The lowest BCUT2D eigenvalue weighted by Crippen LogP contribution is -2.32. The lowest BCUT2D eigenvalue weighted by Gasteiger charge is -2.09. The number of benzene rings is 2. The molecule has 0 saturated heterocycles. The molecule has 0 aliphatic heterocycles. The highest BCUT2D eigenvalue weighted by atomic mass is 16.6. The monoisotopic (exact) mass is 432 g/mol. The first-order valence-electron chi connectivity index (χ1n) is 9.08. The molecule has 0 saturated carbocycles. The summed E-state index contributed by atoms with van der Waals surface area (Å²) < 4.78 is 15.4. The highest BCUT2D eigenvalue weighted by Crippen LogP contribution is 2.28. The van der Waals surface area contributed by atoms with Crippen molar-refractivity contribution in [1.82, 2.24) is 5.43 Å². The van der Waals surface area contributed by atoms with Gasteiger partial charge in [-0.05, 0) is 60.2 Å². The Balaban J connectivity index is 1.58. The molecule has 0 radical (unpaired) electrons. The Morgan fingerprint density at radius 2 is 1.84 bits per heavy atom. The molecule has 2 amide bonds. The number of furan rings is 1. The Kier molecular flexibility index (Phi) is 6.96. The van der Waals surface area contributed by atoms with E-state index in [-0.39, 0.29) is 17.3 Å². The van der Waals surface area contributed by atoms with Crippen LogP contribution < -0.4 is 20.2 Å². The third-order valence-corrected chi connectivity index (χ3v) is 3.97. The largest absolute Gasteiger partial charge is 0.493 e. The van der Waals surface area contributed by atoms with Crippen LogP contribution in [0.5, 0.6) is 11.5 Å². The number of hydrogen-bond donors (Lipinski definition) is 2. The van der Waals surface area contributed by atoms with Gasteiger partial charge >= 0.3 is 17.8 Å². The van der Waals surface area contributed by atoms with Gasteiger partial charge in [0, 0.05) is 5.69 Å². The van der Waals surface area contributed by atoms with Crippen molar-refractivity contribution in [3.63, 3.8) is 0 Å². The number of hydrogen-bond acceptors (Lipinski definition) is 8. The number of rotatable bonds is 6. The van der Waals surface area contributed by atoms with E-state index in [1.165, 1.54) is 62.1 Å². The number of nitrogens with zero attached hydrogens (tertiary/aromatic N) is 2. The molecular weight excluding hydrogens is 416 g/mol. The standard InChI is InChI=1S/C22H16N4O6/c1-30-19-11-15(6-9-17(19)32-22(29)18-3-2-10-31-18)13-24-26-21(28)20(27)25-16-7-4-14(12-23)5-8-16/h2-11,13H,1H3,(H,25,27)(H,26,28)/b24-13+. The number of methoxy groups -OCH3 is 1. The van der Waals surface area contributed by atoms with Crippen LogP contribution in [0.3, 0.4) is 0 Å². The first-order chi connectivity index (χ1) is 15.5. The van der Waals surface area contributed by atoms with Gasteiger partial charge in [-0.25, -0.2) is 10.2 Å². The third-order valence-electron chi connectivity index (χ3n) is 3.97. The predicted molar refractivity (Wildman–Crippen MR) is 112 cm³/mol. The molecule has 2 N–H and O–H groups in total. The van der Waals surface area contributed by atoms with E-state index in [1.54, 1.807) is 12.1 Å². The van der Waals surface area contributed by atoms with Crippen LogP contribution in [-0.2, 0) is 9.59 Å². The average Bonchev–Trinajstić information content (AvgIpc) is 3.35. The molecule has 0 unspecified atom stereocenters. The zero-order valence-corrected chi connectivity index (χ0v) is 16.7. The van der Waals surface area contributed by atoms with Crippen molar-refractivity contribution in [2.24, 2.45) is 5.10 Å². The van der Waals surface area contributed by atoms with Gasteiger partial charge in [-0.2, -0.15) is 10.4 Å². The molecule has 0 spiro atoms. The molecular formula is C22H16N4O6. The summed E-state index contributed by atoms with van der Waals surface area (Å²) >= 11 is 0. The van der Waals surface area contributed by atoms with Crippen LogP contribution in [0.25, 0.3) is 0 Å². The minimum Gasteiger partial charge on any atom is -0.493 e. The fourth-order valence-corrected chi connectivity index (χ4v) is 2.43. The summed E-state index contributed by atoms with van der Waals surface area (Å²) in [7, 11) is 1.40. The minimum atomic E-state index is -0.985. The number of carbonyl (C=O) groups is 3. The van der Waals surface area contributed by atoms with Crippen molar-refractivity contribution >= 4 is 29.7 Å². The summed E-state index contributed by atoms with van der Waals surface area (Å²) in [6, 6.07) is 15.6. The van der Waals surface area contributed by atoms with E-state index >= 15 is 0 Å². The van der Waals surface area contributed by atoms with Gasteiger partial charge in [-0.15, -0.1) is 0 Å². The molecule has 10 nitrogen and oxygen atoms in total. The molecule has 3 rings (SSSR count). The molecule has 2 aromatic carbocycles. The predicted octanol–water partition coefficient (Wildman–Crippen LogP) is 2.47. The van der Waals surface area contributed by atoms with E-state index in [0.717, 1.165) is 0 Å². The smallest absolute Gasteiger partial charge is 0.379 e. The number of anilines is 1. The van der Waals surface area contributed by atoms with Gasteiger partial charge in [0.05, 0.1) is 31.2 Å². The molecule has 1 aromatic heterocycles. The maximum Gasteiger partial charge on any atom is 0.379 e. The van der Waals surface area contributed by atoms with Crippen LogP contribution in [0, 0.1) is 11.3 Å². The second-order valence-corrected chi connectivity index (χ2v) is 6.12. The Morgan fingerprint density at radius 1 is 1.06 bits per heavy atom. The number of amides is 2. The van der Waals surface area contributed by atoms with Gasteiger partial charge in [-0.1, -0.05) is 0 Å². The first-order valence-corrected chi connectivity index (χ1v) is 9.08. The quantitative estimate of drug-likeness (QED) is 0.200. The fraction of sp³-hybridized carbons (Fsp3) is 0.0455. The summed E-state index contributed by atoms with van der Waals surface area (Å²) in [5.41, 5.74) is 3.40. The van der Waals surface area contributed by atoms with Crippen LogP contribution in [-0.4, -0.2) is 31.1 Å². The zero-order chi connectivity index (χ0) is 22.9. The summed E-state index contributed by atoms with van der Waals surface area (Å²) in [6.07, 6.45) is 2.64. The number of carbonyl (C=O) groups excluding carboxylic acids is 3. The molecule has 0 bridgehead atoms. The van der Waals surface area contributed by atoms with Crippen LogP contribution >= 0.6 is 0 Å². The van der Waals surface area contributed by atoms with E-state index in [1.807, 2.05) is 6.07 Å². The van der Waals surface area contributed by atoms with Crippen LogP contribution in [0.15, 0.2) is 70.4 Å². The van der Waals surface area contributed by atoms with Crippen molar-refractivity contribution < 1.29 is 28.3 Å². The number of nitrogens with one attached hydrogen (secondary N) is 2. The van der Waals surface area contributed by atoms with E-state index in [9.17, 15) is 14.4 Å². The van der Waals surface area contributed by atoms with Crippen molar-refractivity contribution in [1.29, 1.82) is 5.26 Å². The van der Waals surface area contributed by atoms with E-state index in [0.29, 0.717) is 16.8 Å². The molecule has 160 valence electrons. The lowest BCUT2D eigenvalue weighted by molar-refractivity contribution is -0.136. The first kappa shape index (κ1) is 21.8. The number of ether oxygens (including phenoxy) is 2. The summed E-state index contributed by atoms with van der Waals surface area (Å²) in [6.45, 7) is 0. The van der Waals surface area contributed by atoms with Gasteiger partial charge in [0.1, 0.15) is 0 Å².